The number of fused-ring (bicyclic) bond motifs is 3. The van der Waals surface area contributed by atoms with Gasteiger partial charge in [0.2, 0.25) is 6.79 Å². The van der Waals surface area contributed by atoms with Crippen LogP contribution in [0.2, 0.25) is 0 Å². The summed E-state index contributed by atoms with van der Waals surface area (Å²) in [5.74, 6) is 2.67. The van der Waals surface area contributed by atoms with Gasteiger partial charge >= 0.3 is 5.97 Å². The van der Waals surface area contributed by atoms with Crippen LogP contribution in [0, 0.1) is 23.7 Å². The van der Waals surface area contributed by atoms with Gasteiger partial charge in [0.1, 0.15) is 11.9 Å². The van der Waals surface area contributed by atoms with Gasteiger partial charge in [-0.15, -0.1) is 0 Å². The van der Waals surface area contributed by atoms with Crippen LogP contribution in [0.3, 0.4) is 0 Å². The Kier molecular flexibility index (Phi) is 3.85. The van der Waals surface area contributed by atoms with E-state index in [9.17, 15) is 4.79 Å². The second-order valence-corrected chi connectivity index (χ2v) is 9.05. The van der Waals surface area contributed by atoms with Gasteiger partial charge in [0.15, 0.2) is 24.1 Å². The summed E-state index contributed by atoms with van der Waals surface area (Å²) in [6, 6.07) is 3.97. The van der Waals surface area contributed by atoms with Crippen molar-refractivity contribution in [2.75, 3.05) is 13.6 Å². The molecule has 2 aliphatic carbocycles. The third-order valence-electron chi connectivity index (χ3n) is 7.65. The van der Waals surface area contributed by atoms with Gasteiger partial charge in [-0.25, -0.2) is 0 Å². The van der Waals surface area contributed by atoms with E-state index in [0.717, 1.165) is 23.5 Å². The molecule has 1 unspecified atom stereocenters. The third-order valence-corrected chi connectivity index (χ3v) is 7.65. The van der Waals surface area contributed by atoms with Crippen molar-refractivity contribution in [2.24, 2.45) is 23.7 Å². The fourth-order valence-corrected chi connectivity index (χ4v) is 6.08. The predicted octanol–water partition coefficient (Wildman–Crippen LogP) is 3.72. The van der Waals surface area contributed by atoms with Crippen LogP contribution < -0.4 is 14.2 Å². The number of hydrogen-bond acceptors (Lipinski definition) is 7. The Morgan fingerprint density at radius 2 is 1.93 bits per heavy atom. The Morgan fingerprint density at radius 3 is 2.73 bits per heavy atom. The molecule has 0 amide bonds. The highest BCUT2D eigenvalue weighted by atomic mass is 16.8. The fourth-order valence-electron chi connectivity index (χ4n) is 6.08. The number of benzene rings is 1. The van der Waals surface area contributed by atoms with Crippen LogP contribution in [-0.4, -0.2) is 31.4 Å². The zero-order chi connectivity index (χ0) is 20.6. The lowest BCUT2D eigenvalue weighted by molar-refractivity contribution is -0.226. The van der Waals surface area contributed by atoms with Crippen molar-refractivity contribution < 1.29 is 33.2 Å². The van der Waals surface area contributed by atoms with Crippen molar-refractivity contribution in [3.63, 3.8) is 0 Å². The molecule has 7 nitrogen and oxygen atoms in total. The Labute approximate surface area is 175 Å². The van der Waals surface area contributed by atoms with Crippen LogP contribution in [0.1, 0.15) is 45.1 Å². The van der Waals surface area contributed by atoms with E-state index in [2.05, 4.69) is 19.9 Å². The van der Waals surface area contributed by atoms with Gasteiger partial charge in [0.05, 0.1) is 0 Å². The standard InChI is InChI=1S/C23H26O7/c1-4-20(24)29-15-8-19-23(28-10-27-19)22-14(15)5-11(2)12(3)21(22)13-6-17-18(26-9-25-17)7-16(13)30-23/h6-8,11-12,14-15,21-22H,4-5,9-10H2,1-3H3/t11-,12+,14+,15?,21+,22+,23+/m1/s1. The maximum absolute atomic E-state index is 12.2. The highest BCUT2D eigenvalue weighted by molar-refractivity contribution is 5.69. The largest absolute Gasteiger partial charge is 0.465 e. The summed E-state index contributed by atoms with van der Waals surface area (Å²) < 4.78 is 35.8. The lowest BCUT2D eigenvalue weighted by Gasteiger charge is -2.56. The third kappa shape index (κ3) is 2.32. The van der Waals surface area contributed by atoms with E-state index in [0.29, 0.717) is 29.8 Å². The minimum absolute atomic E-state index is 0.0197. The van der Waals surface area contributed by atoms with Gasteiger partial charge in [0.25, 0.3) is 5.79 Å². The number of ether oxygens (including phenoxy) is 6. The van der Waals surface area contributed by atoms with E-state index in [1.807, 2.05) is 19.1 Å². The minimum Gasteiger partial charge on any atom is -0.465 e. The normalized spacial score (nSPS) is 39.6. The Balaban J connectivity index is 1.53. The summed E-state index contributed by atoms with van der Waals surface area (Å²) >= 11 is 0. The van der Waals surface area contributed by atoms with E-state index >= 15 is 0 Å². The molecule has 5 aliphatic rings. The summed E-state index contributed by atoms with van der Waals surface area (Å²) in [6.07, 6.45) is 2.84. The zero-order valence-electron chi connectivity index (χ0n) is 17.4. The van der Waals surface area contributed by atoms with Crippen molar-refractivity contribution in [3.05, 3.63) is 29.5 Å². The summed E-state index contributed by atoms with van der Waals surface area (Å²) in [4.78, 5) is 12.2. The Bertz CT molecular complexity index is 940. The quantitative estimate of drug-likeness (QED) is 0.683. The van der Waals surface area contributed by atoms with Gasteiger partial charge < -0.3 is 23.7 Å². The van der Waals surface area contributed by atoms with E-state index in [1.54, 1.807) is 0 Å². The highest BCUT2D eigenvalue weighted by Gasteiger charge is 2.66. The maximum Gasteiger partial charge on any atom is 0.306 e. The average molecular weight is 414 g/mol. The molecular formula is C23H26O7. The Morgan fingerprint density at radius 1 is 1.13 bits per heavy atom. The zero-order valence-corrected chi connectivity index (χ0v) is 17.4. The number of esters is 1. The molecule has 6 rings (SSSR count). The molecule has 1 spiro atoms. The molecule has 7 atom stereocenters. The average Bonchev–Trinajstić information content (AvgIpc) is 3.35. The number of rotatable bonds is 2. The van der Waals surface area contributed by atoms with Crippen LogP contribution in [0.15, 0.2) is 24.0 Å². The monoisotopic (exact) mass is 414 g/mol. The molecule has 2 fully saturated rings. The van der Waals surface area contributed by atoms with E-state index < -0.39 is 5.79 Å². The first-order chi connectivity index (χ1) is 14.5. The van der Waals surface area contributed by atoms with Gasteiger partial charge in [-0.2, -0.15) is 0 Å². The van der Waals surface area contributed by atoms with Crippen molar-refractivity contribution >= 4 is 5.97 Å². The molecule has 30 heavy (non-hydrogen) atoms. The van der Waals surface area contributed by atoms with E-state index in [-0.39, 0.29) is 43.4 Å². The topological polar surface area (TPSA) is 72.5 Å². The van der Waals surface area contributed by atoms with Gasteiger partial charge in [0, 0.05) is 41.9 Å². The first kappa shape index (κ1) is 18.4. The lowest BCUT2D eigenvalue weighted by Crippen LogP contribution is -2.61. The van der Waals surface area contributed by atoms with Crippen molar-refractivity contribution in [1.29, 1.82) is 0 Å². The van der Waals surface area contributed by atoms with Crippen LogP contribution in [-0.2, 0) is 19.0 Å². The maximum atomic E-state index is 12.2. The number of hydrogen-bond donors (Lipinski definition) is 0. The fraction of sp³-hybridized carbons (Fsp3) is 0.609. The Hall–Kier alpha value is -2.41. The second-order valence-electron chi connectivity index (χ2n) is 9.05. The molecule has 1 saturated carbocycles. The van der Waals surface area contributed by atoms with E-state index in [1.165, 1.54) is 0 Å². The second kappa shape index (κ2) is 6.30. The van der Waals surface area contributed by atoms with Crippen molar-refractivity contribution in [2.45, 2.75) is 51.4 Å². The lowest BCUT2D eigenvalue weighted by atomic mass is 9.54. The smallest absolute Gasteiger partial charge is 0.306 e. The van der Waals surface area contributed by atoms with Crippen LogP contribution in [0.4, 0.5) is 0 Å². The molecule has 3 aliphatic heterocycles. The molecule has 0 bridgehead atoms. The van der Waals surface area contributed by atoms with Crippen LogP contribution in [0.5, 0.6) is 17.2 Å². The van der Waals surface area contributed by atoms with Crippen LogP contribution >= 0.6 is 0 Å². The summed E-state index contributed by atoms with van der Waals surface area (Å²) in [7, 11) is 0. The molecule has 1 aromatic rings. The van der Waals surface area contributed by atoms with Gasteiger partial charge in [-0.3, -0.25) is 9.53 Å². The molecule has 1 saturated heterocycles. The molecule has 0 radical (unpaired) electrons. The van der Waals surface area contributed by atoms with Crippen LogP contribution in [0.25, 0.3) is 0 Å². The van der Waals surface area contributed by atoms with Crippen molar-refractivity contribution in [3.8, 4) is 17.2 Å². The number of carbonyl (C=O) groups is 1. The molecule has 7 heteroatoms. The molecule has 160 valence electrons. The summed E-state index contributed by atoms with van der Waals surface area (Å²) in [5, 5.41) is 0. The van der Waals surface area contributed by atoms with Gasteiger partial charge in [-0.1, -0.05) is 20.8 Å². The minimum atomic E-state index is -0.987. The molecule has 3 heterocycles. The number of carbonyl (C=O) groups excluding carboxylic acids is 1. The summed E-state index contributed by atoms with van der Waals surface area (Å²) in [5.41, 5.74) is 1.11. The van der Waals surface area contributed by atoms with Crippen molar-refractivity contribution in [1.82, 2.24) is 0 Å². The SMILES string of the molecule is CCC(=O)OC1C=C2OCO[C@]23Oc2cc4c(cc2[C@@H]2[C@@H](C)[C@H](C)C[C@@H]1[C@@H]23)OCO4. The first-order valence-electron chi connectivity index (χ1n) is 10.8. The van der Waals surface area contributed by atoms with Gasteiger partial charge in [-0.05, 0) is 24.3 Å². The molecular weight excluding hydrogens is 388 g/mol. The predicted molar refractivity (Wildman–Crippen MR) is 104 cm³/mol. The van der Waals surface area contributed by atoms with E-state index in [4.69, 9.17) is 28.4 Å². The highest BCUT2D eigenvalue weighted by Crippen LogP contribution is 2.64. The summed E-state index contributed by atoms with van der Waals surface area (Å²) in [6.45, 7) is 6.72. The molecule has 0 N–H and O–H groups in total. The first-order valence-corrected chi connectivity index (χ1v) is 10.8. The molecule has 0 aromatic heterocycles. The molecule has 1 aromatic carbocycles.